The molecule has 2 aromatic carbocycles. The highest BCUT2D eigenvalue weighted by atomic mass is 35.5. The normalized spacial score (nSPS) is 10.6. The number of carbonyl (C=O) groups excluding carboxylic acids is 1. The number of ketones is 1. The van der Waals surface area contributed by atoms with Crippen molar-refractivity contribution in [1.82, 2.24) is 0 Å². The molecule has 0 aromatic heterocycles. The molecule has 0 aliphatic heterocycles. The molecule has 104 valence electrons. The third-order valence-electron chi connectivity index (χ3n) is 3.58. The van der Waals surface area contributed by atoms with E-state index in [0.29, 0.717) is 10.6 Å². The predicted molar refractivity (Wildman–Crippen MR) is 84.8 cm³/mol. The second-order valence-electron chi connectivity index (χ2n) is 5.01. The molecule has 0 aliphatic rings. The van der Waals surface area contributed by atoms with E-state index in [0.717, 1.165) is 29.5 Å². The minimum atomic E-state index is 0.0159. The maximum absolute atomic E-state index is 12.7. The molecule has 0 bridgehead atoms. The standard InChI is InChI=1S/C18H19ClO/c1-4-13-7-8-14(5-2)16(11-13)18(20)15-9-6-12(3)10-17(15)19/h6-11H,4-5H2,1-3H3. The molecule has 0 radical (unpaired) electrons. The van der Waals surface area contributed by atoms with Gasteiger partial charge in [0, 0.05) is 11.1 Å². The maximum Gasteiger partial charge on any atom is 0.194 e. The Kier molecular flexibility index (Phi) is 4.61. The van der Waals surface area contributed by atoms with Crippen molar-refractivity contribution in [2.24, 2.45) is 0 Å². The molecule has 2 rings (SSSR count). The Balaban J connectivity index is 2.51. The van der Waals surface area contributed by atoms with Crippen LogP contribution in [0.3, 0.4) is 0 Å². The summed E-state index contributed by atoms with van der Waals surface area (Å²) in [5, 5.41) is 0.527. The highest BCUT2D eigenvalue weighted by Crippen LogP contribution is 2.24. The topological polar surface area (TPSA) is 17.1 Å². The van der Waals surface area contributed by atoms with Gasteiger partial charge in [0.1, 0.15) is 0 Å². The van der Waals surface area contributed by atoms with Crippen LogP contribution >= 0.6 is 11.6 Å². The Labute approximate surface area is 125 Å². The van der Waals surface area contributed by atoms with Crippen LogP contribution in [0.1, 0.15) is 46.5 Å². The van der Waals surface area contributed by atoms with Crippen molar-refractivity contribution in [2.45, 2.75) is 33.6 Å². The fourth-order valence-electron chi connectivity index (χ4n) is 2.31. The van der Waals surface area contributed by atoms with E-state index in [1.807, 2.05) is 37.3 Å². The molecule has 1 nitrogen and oxygen atoms in total. The van der Waals surface area contributed by atoms with Crippen LogP contribution in [0.4, 0.5) is 0 Å². The number of aryl methyl sites for hydroxylation is 3. The van der Waals surface area contributed by atoms with Gasteiger partial charge in [0.05, 0.1) is 5.02 Å². The van der Waals surface area contributed by atoms with Crippen molar-refractivity contribution in [3.63, 3.8) is 0 Å². The van der Waals surface area contributed by atoms with Crippen molar-refractivity contribution in [3.8, 4) is 0 Å². The molecule has 0 saturated carbocycles. The summed E-state index contributed by atoms with van der Waals surface area (Å²) in [6.45, 7) is 6.12. The van der Waals surface area contributed by atoms with Crippen LogP contribution in [0, 0.1) is 6.92 Å². The summed E-state index contributed by atoms with van der Waals surface area (Å²) >= 11 is 6.22. The highest BCUT2D eigenvalue weighted by Gasteiger charge is 2.16. The van der Waals surface area contributed by atoms with Crippen molar-refractivity contribution in [1.29, 1.82) is 0 Å². The Bertz CT molecular complexity index is 644. The van der Waals surface area contributed by atoms with Gasteiger partial charge in [0.15, 0.2) is 5.78 Å². The molecule has 20 heavy (non-hydrogen) atoms. The van der Waals surface area contributed by atoms with E-state index in [4.69, 9.17) is 11.6 Å². The molecule has 0 heterocycles. The van der Waals surface area contributed by atoms with Crippen molar-refractivity contribution < 1.29 is 4.79 Å². The van der Waals surface area contributed by atoms with Crippen LogP contribution in [0.25, 0.3) is 0 Å². The Morgan fingerprint density at radius 2 is 1.75 bits per heavy atom. The Morgan fingerprint density at radius 1 is 1.00 bits per heavy atom. The van der Waals surface area contributed by atoms with Crippen molar-refractivity contribution in [3.05, 3.63) is 69.2 Å². The molecule has 0 amide bonds. The third-order valence-corrected chi connectivity index (χ3v) is 3.89. The molecule has 0 atom stereocenters. The number of rotatable bonds is 4. The summed E-state index contributed by atoms with van der Waals surface area (Å²) in [4.78, 5) is 12.7. The number of hydrogen-bond acceptors (Lipinski definition) is 1. The molecule has 0 N–H and O–H groups in total. The van der Waals surface area contributed by atoms with Crippen LogP contribution in [-0.4, -0.2) is 5.78 Å². The molecule has 0 aliphatic carbocycles. The molecule has 0 fully saturated rings. The number of halogens is 1. The highest BCUT2D eigenvalue weighted by molar-refractivity contribution is 6.35. The van der Waals surface area contributed by atoms with E-state index in [1.165, 1.54) is 5.56 Å². The summed E-state index contributed by atoms with van der Waals surface area (Å²) in [7, 11) is 0. The van der Waals surface area contributed by atoms with E-state index < -0.39 is 0 Å². The van der Waals surface area contributed by atoms with E-state index in [1.54, 1.807) is 0 Å². The smallest absolute Gasteiger partial charge is 0.194 e. The monoisotopic (exact) mass is 286 g/mol. The van der Waals surface area contributed by atoms with Crippen LogP contribution in [0.15, 0.2) is 36.4 Å². The minimum absolute atomic E-state index is 0.0159. The maximum atomic E-state index is 12.7. The molecule has 0 saturated heterocycles. The summed E-state index contributed by atoms with van der Waals surface area (Å²) < 4.78 is 0. The van der Waals surface area contributed by atoms with Crippen LogP contribution in [-0.2, 0) is 12.8 Å². The largest absolute Gasteiger partial charge is 0.289 e. The minimum Gasteiger partial charge on any atom is -0.289 e. The zero-order valence-corrected chi connectivity index (χ0v) is 12.9. The molecular weight excluding hydrogens is 268 g/mol. The van der Waals surface area contributed by atoms with Gasteiger partial charge in [-0.1, -0.05) is 43.6 Å². The fraction of sp³-hybridized carbons (Fsp3) is 0.278. The SMILES string of the molecule is CCc1ccc(CC)c(C(=O)c2ccc(C)cc2Cl)c1. The lowest BCUT2D eigenvalue weighted by Crippen LogP contribution is -2.07. The van der Waals surface area contributed by atoms with E-state index in [2.05, 4.69) is 19.9 Å². The lowest BCUT2D eigenvalue weighted by molar-refractivity contribution is 0.103. The van der Waals surface area contributed by atoms with Gasteiger partial charge in [-0.25, -0.2) is 0 Å². The van der Waals surface area contributed by atoms with E-state index in [9.17, 15) is 4.79 Å². The average Bonchev–Trinajstić information content (AvgIpc) is 2.46. The average molecular weight is 287 g/mol. The van der Waals surface area contributed by atoms with E-state index in [-0.39, 0.29) is 5.78 Å². The predicted octanol–water partition coefficient (Wildman–Crippen LogP) is 5.00. The zero-order chi connectivity index (χ0) is 14.7. The molecule has 0 unspecified atom stereocenters. The molecule has 2 heteroatoms. The summed E-state index contributed by atoms with van der Waals surface area (Å²) in [6.07, 6.45) is 1.76. The zero-order valence-electron chi connectivity index (χ0n) is 12.2. The second kappa shape index (κ2) is 6.23. The second-order valence-corrected chi connectivity index (χ2v) is 5.42. The summed E-state index contributed by atoms with van der Waals surface area (Å²) in [6, 6.07) is 11.7. The number of carbonyl (C=O) groups is 1. The number of hydrogen-bond donors (Lipinski definition) is 0. The fourth-order valence-corrected chi connectivity index (χ4v) is 2.63. The van der Waals surface area contributed by atoms with Crippen LogP contribution in [0.2, 0.25) is 5.02 Å². The first-order valence-corrected chi connectivity index (χ1v) is 7.37. The van der Waals surface area contributed by atoms with Crippen molar-refractivity contribution in [2.75, 3.05) is 0 Å². The Morgan fingerprint density at radius 3 is 2.35 bits per heavy atom. The van der Waals surface area contributed by atoms with E-state index >= 15 is 0 Å². The lowest BCUT2D eigenvalue weighted by atomic mass is 9.94. The molecule has 0 spiro atoms. The molecule has 2 aromatic rings. The summed E-state index contributed by atoms with van der Waals surface area (Å²) in [5.41, 5.74) is 4.67. The first kappa shape index (κ1) is 14.8. The van der Waals surface area contributed by atoms with Gasteiger partial charge in [-0.15, -0.1) is 0 Å². The van der Waals surface area contributed by atoms with Gasteiger partial charge in [-0.3, -0.25) is 4.79 Å². The van der Waals surface area contributed by atoms with Gasteiger partial charge in [0.25, 0.3) is 0 Å². The molecular formula is C18H19ClO. The first-order chi connectivity index (χ1) is 9.56. The third kappa shape index (κ3) is 2.94. The van der Waals surface area contributed by atoms with Gasteiger partial charge in [0.2, 0.25) is 0 Å². The van der Waals surface area contributed by atoms with Gasteiger partial charge < -0.3 is 0 Å². The van der Waals surface area contributed by atoms with Crippen LogP contribution in [0.5, 0.6) is 0 Å². The first-order valence-electron chi connectivity index (χ1n) is 6.99. The van der Waals surface area contributed by atoms with Gasteiger partial charge in [-0.05, 0) is 54.7 Å². The lowest BCUT2D eigenvalue weighted by Gasteiger charge is -2.10. The quantitative estimate of drug-likeness (QED) is 0.723. The van der Waals surface area contributed by atoms with Crippen LogP contribution < -0.4 is 0 Å². The van der Waals surface area contributed by atoms with Gasteiger partial charge in [-0.2, -0.15) is 0 Å². The van der Waals surface area contributed by atoms with Crippen molar-refractivity contribution >= 4 is 17.4 Å². The van der Waals surface area contributed by atoms with Gasteiger partial charge >= 0.3 is 0 Å². The Hall–Kier alpha value is -1.60. The number of benzene rings is 2. The summed E-state index contributed by atoms with van der Waals surface area (Å²) in [5.74, 6) is 0.0159.